The fraction of sp³-hybridized carbons (Fsp3) is 1.00. The number of halogens is 1. The summed E-state index contributed by atoms with van der Waals surface area (Å²) in [6, 6.07) is 0. The van der Waals surface area contributed by atoms with Gasteiger partial charge in [-0.05, 0) is 33.2 Å². The highest BCUT2D eigenvalue weighted by Crippen LogP contribution is 2.27. The molecule has 2 nitrogen and oxygen atoms in total. The maximum absolute atomic E-state index is 3.16. The minimum atomic E-state index is 0.452. The van der Waals surface area contributed by atoms with Crippen LogP contribution in [-0.2, 0) is 0 Å². The van der Waals surface area contributed by atoms with E-state index in [1.165, 1.54) is 25.9 Å². The molecule has 1 aliphatic heterocycles. The van der Waals surface area contributed by atoms with Crippen LogP contribution in [0.15, 0.2) is 0 Å². The first-order chi connectivity index (χ1) is 5.17. The smallest absolute Gasteiger partial charge is 0.0178 e. The average molecular weight is 268 g/mol. The van der Waals surface area contributed by atoms with Gasteiger partial charge in [-0.1, -0.05) is 0 Å². The van der Waals surface area contributed by atoms with Gasteiger partial charge in [-0.2, -0.15) is 0 Å². The fourth-order valence-electron chi connectivity index (χ4n) is 1.75. The summed E-state index contributed by atoms with van der Waals surface area (Å²) in [5.74, 6) is 0. The molecule has 66 valence electrons. The van der Waals surface area contributed by atoms with Gasteiger partial charge in [0.2, 0.25) is 0 Å². The molecule has 1 N–H and O–H groups in total. The van der Waals surface area contributed by atoms with E-state index in [-0.39, 0.29) is 0 Å². The van der Waals surface area contributed by atoms with Gasteiger partial charge in [0.1, 0.15) is 0 Å². The maximum Gasteiger partial charge on any atom is 0.0178 e. The molecule has 0 aliphatic carbocycles. The second-order valence-corrected chi connectivity index (χ2v) is 4.55. The largest absolute Gasteiger partial charge is 0.297 e. The molecule has 11 heavy (non-hydrogen) atoms. The van der Waals surface area contributed by atoms with Crippen LogP contribution >= 0.6 is 22.9 Å². The van der Waals surface area contributed by atoms with Crippen LogP contribution in [0.4, 0.5) is 0 Å². The minimum Gasteiger partial charge on any atom is -0.297 e. The molecule has 0 bridgehead atoms. The lowest BCUT2D eigenvalue weighted by atomic mass is 10.0. The summed E-state index contributed by atoms with van der Waals surface area (Å²) in [7, 11) is 0. The number of nitrogens with zero attached hydrogens (tertiary/aromatic N) is 1. The van der Waals surface area contributed by atoms with Crippen molar-refractivity contribution in [1.29, 1.82) is 0 Å². The molecule has 1 heterocycles. The monoisotopic (exact) mass is 268 g/mol. The van der Waals surface area contributed by atoms with E-state index in [0.717, 1.165) is 6.54 Å². The predicted molar refractivity (Wildman–Crippen MR) is 56.9 cm³/mol. The highest BCUT2D eigenvalue weighted by Gasteiger charge is 2.30. The quantitative estimate of drug-likeness (QED) is 0.620. The Bertz CT molecular complexity index is 125. The van der Waals surface area contributed by atoms with Crippen molar-refractivity contribution >= 4 is 22.9 Å². The molecule has 1 saturated heterocycles. The summed E-state index contributed by atoms with van der Waals surface area (Å²) in [4.78, 5) is 2.57. The van der Waals surface area contributed by atoms with Crippen LogP contribution in [0.1, 0.15) is 26.7 Å². The fourth-order valence-corrected chi connectivity index (χ4v) is 2.00. The van der Waals surface area contributed by atoms with Crippen LogP contribution in [0.3, 0.4) is 0 Å². The zero-order valence-corrected chi connectivity index (χ0v) is 9.52. The van der Waals surface area contributed by atoms with Crippen LogP contribution in [0.2, 0.25) is 0 Å². The Labute approximate surface area is 83.2 Å². The molecule has 0 spiro atoms. The molecule has 3 heteroatoms. The normalized spacial score (nSPS) is 24.3. The van der Waals surface area contributed by atoms with Crippen molar-refractivity contribution in [1.82, 2.24) is 8.43 Å². The second kappa shape index (κ2) is 4.05. The molecule has 0 saturated carbocycles. The molecular formula is C8H17IN2. The first-order valence-electron chi connectivity index (χ1n) is 4.25. The molecule has 0 aromatic carbocycles. The third kappa shape index (κ3) is 2.56. The summed E-state index contributed by atoms with van der Waals surface area (Å²) in [6.45, 7) is 8.26. The summed E-state index contributed by atoms with van der Waals surface area (Å²) >= 11 is 2.21. The Morgan fingerprint density at radius 1 is 1.55 bits per heavy atom. The van der Waals surface area contributed by atoms with Crippen LogP contribution < -0.4 is 3.53 Å². The summed E-state index contributed by atoms with van der Waals surface area (Å²) in [6.07, 6.45) is 2.72. The zero-order valence-electron chi connectivity index (χ0n) is 7.36. The predicted octanol–water partition coefficient (Wildman–Crippen LogP) is 1.80. The van der Waals surface area contributed by atoms with Crippen molar-refractivity contribution in [3.05, 3.63) is 0 Å². The van der Waals surface area contributed by atoms with E-state index in [1.54, 1.807) is 0 Å². The Hall–Kier alpha value is 0.650. The van der Waals surface area contributed by atoms with E-state index in [0.29, 0.717) is 5.54 Å². The van der Waals surface area contributed by atoms with Crippen molar-refractivity contribution in [2.45, 2.75) is 32.2 Å². The lowest BCUT2D eigenvalue weighted by molar-refractivity contribution is 0.179. The SMILES string of the molecule is CC1(C)CCCN1CCNI. The number of hydrogen-bond acceptors (Lipinski definition) is 2. The van der Waals surface area contributed by atoms with Gasteiger partial charge in [0.25, 0.3) is 0 Å². The van der Waals surface area contributed by atoms with E-state index in [2.05, 4.69) is 45.1 Å². The van der Waals surface area contributed by atoms with Crippen molar-refractivity contribution in [3.8, 4) is 0 Å². The Morgan fingerprint density at radius 2 is 2.27 bits per heavy atom. The van der Waals surface area contributed by atoms with Gasteiger partial charge in [0.05, 0.1) is 0 Å². The van der Waals surface area contributed by atoms with Crippen molar-refractivity contribution in [2.24, 2.45) is 0 Å². The second-order valence-electron chi connectivity index (χ2n) is 3.79. The lowest BCUT2D eigenvalue weighted by Gasteiger charge is -2.31. The van der Waals surface area contributed by atoms with E-state index in [4.69, 9.17) is 0 Å². The van der Waals surface area contributed by atoms with Gasteiger partial charge in [0.15, 0.2) is 0 Å². The number of likely N-dealkylation sites (tertiary alicyclic amines) is 1. The van der Waals surface area contributed by atoms with Crippen LogP contribution in [0.5, 0.6) is 0 Å². The Kier molecular flexibility index (Phi) is 3.58. The lowest BCUT2D eigenvalue weighted by Crippen LogP contribution is -2.40. The maximum atomic E-state index is 3.16. The van der Waals surface area contributed by atoms with Gasteiger partial charge in [-0.25, -0.2) is 0 Å². The molecule has 0 radical (unpaired) electrons. The van der Waals surface area contributed by atoms with Crippen molar-refractivity contribution < 1.29 is 0 Å². The standard InChI is InChI=1S/C8H17IN2/c1-8(2)4-3-6-11(8)7-5-10-9/h10H,3-7H2,1-2H3. The van der Waals surface area contributed by atoms with E-state index in [1.807, 2.05) is 0 Å². The number of nitrogens with one attached hydrogen (secondary N) is 1. The van der Waals surface area contributed by atoms with Crippen LogP contribution in [0, 0.1) is 0 Å². The van der Waals surface area contributed by atoms with Crippen molar-refractivity contribution in [2.75, 3.05) is 19.6 Å². The van der Waals surface area contributed by atoms with Crippen molar-refractivity contribution in [3.63, 3.8) is 0 Å². The zero-order chi connectivity index (χ0) is 8.32. The molecule has 0 unspecified atom stereocenters. The molecule has 1 fully saturated rings. The number of hydrogen-bond donors (Lipinski definition) is 1. The molecule has 0 atom stereocenters. The van der Waals surface area contributed by atoms with Crippen LogP contribution in [-0.4, -0.2) is 30.1 Å². The summed E-state index contributed by atoms with van der Waals surface area (Å²) in [5.41, 5.74) is 0.452. The van der Waals surface area contributed by atoms with E-state index in [9.17, 15) is 0 Å². The topological polar surface area (TPSA) is 15.3 Å². The Balaban J connectivity index is 2.32. The summed E-state index contributed by atoms with van der Waals surface area (Å²) in [5, 5.41) is 0. The third-order valence-electron chi connectivity index (χ3n) is 2.55. The Morgan fingerprint density at radius 3 is 2.73 bits per heavy atom. The molecule has 0 aromatic heterocycles. The highest BCUT2D eigenvalue weighted by atomic mass is 127. The molecule has 0 amide bonds. The van der Waals surface area contributed by atoms with Gasteiger partial charge >= 0.3 is 0 Å². The first-order valence-corrected chi connectivity index (χ1v) is 5.33. The van der Waals surface area contributed by atoms with Crippen LogP contribution in [0.25, 0.3) is 0 Å². The first kappa shape index (κ1) is 9.74. The van der Waals surface area contributed by atoms with E-state index < -0.39 is 0 Å². The molecule has 1 rings (SSSR count). The third-order valence-corrected chi connectivity index (χ3v) is 3.09. The van der Waals surface area contributed by atoms with E-state index >= 15 is 0 Å². The number of rotatable bonds is 3. The summed E-state index contributed by atoms with van der Waals surface area (Å²) < 4.78 is 3.16. The van der Waals surface area contributed by atoms with Gasteiger partial charge in [0, 0.05) is 41.5 Å². The highest BCUT2D eigenvalue weighted by molar-refractivity contribution is 14.1. The van der Waals surface area contributed by atoms with Gasteiger partial charge in [-0.3, -0.25) is 8.43 Å². The van der Waals surface area contributed by atoms with Gasteiger partial charge in [-0.15, -0.1) is 0 Å². The molecule has 0 aromatic rings. The van der Waals surface area contributed by atoms with Gasteiger partial charge < -0.3 is 0 Å². The average Bonchev–Trinajstić information content (AvgIpc) is 2.25. The molecular weight excluding hydrogens is 251 g/mol. The molecule has 1 aliphatic rings. The minimum absolute atomic E-state index is 0.452.